The Morgan fingerprint density at radius 1 is 1.18 bits per heavy atom. The quantitative estimate of drug-likeness (QED) is 0.737. The van der Waals surface area contributed by atoms with Crippen molar-refractivity contribution in [1.82, 2.24) is 4.90 Å². The van der Waals surface area contributed by atoms with Crippen molar-refractivity contribution in [3.8, 4) is 5.75 Å². The summed E-state index contributed by atoms with van der Waals surface area (Å²) in [6.45, 7) is 1.22. The van der Waals surface area contributed by atoms with Crippen LogP contribution in [0, 0.1) is 0 Å². The third kappa shape index (κ3) is 5.02. The molecule has 1 N–H and O–H groups in total. The molecule has 0 saturated heterocycles. The van der Waals surface area contributed by atoms with Crippen LogP contribution in [0.5, 0.6) is 5.75 Å². The Kier molecular flexibility index (Phi) is 7.04. The molecule has 28 heavy (non-hydrogen) atoms. The zero-order valence-electron chi connectivity index (χ0n) is 15.7. The van der Waals surface area contributed by atoms with Gasteiger partial charge in [0.15, 0.2) is 9.84 Å². The monoisotopic (exact) mass is 424 g/mol. The highest BCUT2D eigenvalue weighted by molar-refractivity contribution is 7.91. The molecule has 9 heteroatoms. The number of hydrogen-bond acceptors (Lipinski definition) is 5. The van der Waals surface area contributed by atoms with Gasteiger partial charge in [0, 0.05) is 12.1 Å². The second-order valence-electron chi connectivity index (χ2n) is 5.95. The normalized spacial score (nSPS) is 11.0. The van der Waals surface area contributed by atoms with E-state index >= 15 is 0 Å². The summed E-state index contributed by atoms with van der Waals surface area (Å²) in [5.41, 5.74) is 0.398. The van der Waals surface area contributed by atoms with Crippen LogP contribution in [0.3, 0.4) is 0 Å². The molecule has 0 unspecified atom stereocenters. The van der Waals surface area contributed by atoms with E-state index in [1.807, 2.05) is 0 Å². The Morgan fingerprint density at radius 3 is 2.50 bits per heavy atom. The lowest BCUT2D eigenvalue weighted by atomic mass is 10.2. The van der Waals surface area contributed by atoms with Crippen LogP contribution < -0.4 is 10.1 Å². The minimum Gasteiger partial charge on any atom is -0.495 e. The summed E-state index contributed by atoms with van der Waals surface area (Å²) in [6.07, 6.45) is 0. The number of rotatable bonds is 7. The van der Waals surface area contributed by atoms with E-state index in [2.05, 4.69) is 5.32 Å². The van der Waals surface area contributed by atoms with Gasteiger partial charge in [-0.05, 0) is 30.3 Å². The fourth-order valence-corrected chi connectivity index (χ4v) is 3.79. The highest BCUT2D eigenvalue weighted by Gasteiger charge is 2.24. The van der Waals surface area contributed by atoms with Crippen LogP contribution in [-0.4, -0.2) is 51.6 Å². The molecule has 2 aromatic rings. The Labute approximate surface area is 169 Å². The number of methoxy groups -OCH3 is 1. The van der Waals surface area contributed by atoms with E-state index in [0.29, 0.717) is 16.5 Å². The molecule has 7 nitrogen and oxygen atoms in total. The van der Waals surface area contributed by atoms with Gasteiger partial charge in [0.05, 0.1) is 35.6 Å². The number of ether oxygens (including phenoxy) is 1. The number of benzene rings is 2. The van der Waals surface area contributed by atoms with Crippen molar-refractivity contribution in [3.63, 3.8) is 0 Å². The van der Waals surface area contributed by atoms with Crippen LogP contribution in [0.4, 0.5) is 5.69 Å². The number of halogens is 1. The summed E-state index contributed by atoms with van der Waals surface area (Å²) in [5.74, 6) is -0.755. The summed E-state index contributed by atoms with van der Waals surface area (Å²) in [6, 6.07) is 10.7. The second kappa shape index (κ2) is 9.07. The first kappa shape index (κ1) is 21.7. The lowest BCUT2D eigenvalue weighted by Gasteiger charge is -2.19. The first-order valence-corrected chi connectivity index (χ1v) is 10.4. The Bertz CT molecular complexity index is 992. The maximum absolute atomic E-state index is 12.7. The van der Waals surface area contributed by atoms with Gasteiger partial charge in [-0.3, -0.25) is 9.59 Å². The van der Waals surface area contributed by atoms with Crippen molar-refractivity contribution in [2.24, 2.45) is 0 Å². The summed E-state index contributed by atoms with van der Waals surface area (Å²) in [4.78, 5) is 26.2. The van der Waals surface area contributed by atoms with Gasteiger partial charge in [-0.15, -0.1) is 0 Å². The standard InChI is InChI=1S/C19H21ClN2O5S/c1-4-28(25,26)17-8-6-5-7-14(17)19(24)22(2)12-18(23)21-15-11-13(20)9-10-16(15)27-3/h5-11H,4,12H2,1-3H3,(H,21,23). The maximum Gasteiger partial charge on any atom is 0.255 e. The Balaban J connectivity index is 2.18. The van der Waals surface area contributed by atoms with Crippen molar-refractivity contribution in [2.75, 3.05) is 31.8 Å². The number of sulfone groups is 1. The van der Waals surface area contributed by atoms with E-state index in [9.17, 15) is 18.0 Å². The molecule has 150 valence electrons. The first-order chi connectivity index (χ1) is 13.2. The number of amides is 2. The smallest absolute Gasteiger partial charge is 0.255 e. The summed E-state index contributed by atoms with van der Waals surface area (Å²) >= 11 is 5.94. The number of hydrogen-bond donors (Lipinski definition) is 1. The molecule has 2 rings (SSSR count). The van der Waals surface area contributed by atoms with E-state index in [1.165, 1.54) is 39.3 Å². The number of nitrogens with one attached hydrogen (secondary N) is 1. The number of likely N-dealkylation sites (N-methyl/N-ethyl adjacent to an activating group) is 1. The first-order valence-electron chi connectivity index (χ1n) is 8.40. The highest BCUT2D eigenvalue weighted by Crippen LogP contribution is 2.27. The second-order valence-corrected chi connectivity index (χ2v) is 8.64. The summed E-state index contributed by atoms with van der Waals surface area (Å²) < 4.78 is 29.6. The van der Waals surface area contributed by atoms with Gasteiger partial charge in [0.25, 0.3) is 5.91 Å². The number of anilines is 1. The van der Waals surface area contributed by atoms with Crippen molar-refractivity contribution < 1.29 is 22.7 Å². The SMILES string of the molecule is CCS(=O)(=O)c1ccccc1C(=O)N(C)CC(=O)Nc1cc(Cl)ccc1OC. The maximum atomic E-state index is 12.7. The molecule has 0 radical (unpaired) electrons. The average molecular weight is 425 g/mol. The highest BCUT2D eigenvalue weighted by atomic mass is 35.5. The largest absolute Gasteiger partial charge is 0.495 e. The van der Waals surface area contributed by atoms with E-state index in [1.54, 1.807) is 24.3 Å². The van der Waals surface area contributed by atoms with Crippen molar-refractivity contribution in [2.45, 2.75) is 11.8 Å². The zero-order chi connectivity index (χ0) is 20.9. The molecule has 0 fully saturated rings. The van der Waals surface area contributed by atoms with Gasteiger partial charge in [0.1, 0.15) is 5.75 Å². The third-order valence-corrected chi connectivity index (χ3v) is 6.02. The molecular formula is C19H21ClN2O5S. The van der Waals surface area contributed by atoms with Gasteiger partial charge in [0.2, 0.25) is 5.91 Å². The molecule has 0 aromatic heterocycles. The van der Waals surface area contributed by atoms with Crippen LogP contribution in [0.2, 0.25) is 5.02 Å². The molecule has 2 aromatic carbocycles. The lowest BCUT2D eigenvalue weighted by molar-refractivity contribution is -0.116. The third-order valence-electron chi connectivity index (χ3n) is 4.00. The summed E-state index contributed by atoms with van der Waals surface area (Å²) in [5, 5.41) is 3.05. The molecule has 0 aliphatic rings. The van der Waals surface area contributed by atoms with E-state index in [-0.39, 0.29) is 22.8 Å². The van der Waals surface area contributed by atoms with Gasteiger partial charge >= 0.3 is 0 Å². The topological polar surface area (TPSA) is 92.8 Å². The van der Waals surface area contributed by atoms with Crippen molar-refractivity contribution >= 4 is 38.9 Å². The van der Waals surface area contributed by atoms with E-state index in [0.717, 1.165) is 4.90 Å². The predicted molar refractivity (Wildman–Crippen MR) is 108 cm³/mol. The fourth-order valence-electron chi connectivity index (χ4n) is 2.53. The average Bonchev–Trinajstić information content (AvgIpc) is 2.67. The van der Waals surface area contributed by atoms with E-state index < -0.39 is 21.7 Å². The molecule has 0 heterocycles. The lowest BCUT2D eigenvalue weighted by Crippen LogP contribution is -2.35. The minimum absolute atomic E-state index is 0.0278. The van der Waals surface area contributed by atoms with Crippen LogP contribution >= 0.6 is 11.6 Å². The van der Waals surface area contributed by atoms with Gasteiger partial charge in [-0.2, -0.15) is 0 Å². The molecule has 0 bridgehead atoms. The molecule has 0 spiro atoms. The van der Waals surface area contributed by atoms with Crippen molar-refractivity contribution in [3.05, 3.63) is 53.1 Å². The fraction of sp³-hybridized carbons (Fsp3) is 0.263. The van der Waals surface area contributed by atoms with Gasteiger partial charge in [-0.25, -0.2) is 8.42 Å². The minimum atomic E-state index is -3.58. The number of nitrogens with zero attached hydrogens (tertiary/aromatic N) is 1. The molecule has 0 aliphatic heterocycles. The van der Waals surface area contributed by atoms with Crippen LogP contribution in [-0.2, 0) is 14.6 Å². The zero-order valence-corrected chi connectivity index (χ0v) is 17.3. The van der Waals surface area contributed by atoms with Crippen LogP contribution in [0.25, 0.3) is 0 Å². The molecular weight excluding hydrogens is 404 g/mol. The van der Waals surface area contributed by atoms with Crippen molar-refractivity contribution in [1.29, 1.82) is 0 Å². The summed E-state index contributed by atoms with van der Waals surface area (Å²) in [7, 11) is -0.696. The molecule has 0 aliphatic carbocycles. The molecule has 0 saturated carbocycles. The molecule has 0 atom stereocenters. The Morgan fingerprint density at radius 2 is 1.86 bits per heavy atom. The molecule has 2 amide bonds. The van der Waals surface area contributed by atoms with Crippen LogP contribution in [0.1, 0.15) is 17.3 Å². The number of carbonyl (C=O) groups excluding carboxylic acids is 2. The van der Waals surface area contributed by atoms with Gasteiger partial charge < -0.3 is 15.0 Å². The van der Waals surface area contributed by atoms with E-state index in [4.69, 9.17) is 16.3 Å². The predicted octanol–water partition coefficient (Wildman–Crippen LogP) is 2.85. The Hall–Kier alpha value is -2.58. The number of carbonyl (C=O) groups is 2. The van der Waals surface area contributed by atoms with Gasteiger partial charge in [-0.1, -0.05) is 30.7 Å². The van der Waals surface area contributed by atoms with Crippen LogP contribution in [0.15, 0.2) is 47.4 Å².